The number of carbonyl (C=O) groups is 1. The van der Waals surface area contributed by atoms with Crippen LogP contribution in [0.1, 0.15) is 44.0 Å². The van der Waals surface area contributed by atoms with Crippen LogP contribution in [-0.2, 0) is 11.3 Å². The third-order valence-electron chi connectivity index (χ3n) is 5.96. The molecule has 0 atom stereocenters. The van der Waals surface area contributed by atoms with Crippen molar-refractivity contribution in [1.29, 1.82) is 0 Å². The molecule has 5 rings (SSSR count). The molecule has 9 heteroatoms. The zero-order chi connectivity index (χ0) is 22.2. The maximum absolute atomic E-state index is 13.9. The fraction of sp³-hybridized carbons (Fsp3) is 0.435. The number of nitrogens with zero attached hydrogens (tertiary/aromatic N) is 4. The molecular formula is C23H25F2N5O2. The Morgan fingerprint density at radius 3 is 2.62 bits per heavy atom. The highest BCUT2D eigenvalue weighted by Gasteiger charge is 2.29. The molecule has 32 heavy (non-hydrogen) atoms. The minimum atomic E-state index is -0.688. The molecular weight excluding hydrogens is 416 g/mol. The SMILES string of the molecule is CC(=O)N1C=Cc2nc(NC3CC3)c(N3CCC(Oc4ccc(F)cc4F)CC3)nc2C1. The van der Waals surface area contributed by atoms with Gasteiger partial charge in [-0.25, -0.2) is 18.7 Å². The van der Waals surface area contributed by atoms with Crippen LogP contribution >= 0.6 is 0 Å². The van der Waals surface area contributed by atoms with E-state index in [1.54, 1.807) is 11.1 Å². The largest absolute Gasteiger partial charge is 0.487 e. The van der Waals surface area contributed by atoms with Crippen molar-refractivity contribution in [1.82, 2.24) is 14.9 Å². The Morgan fingerprint density at radius 1 is 1.16 bits per heavy atom. The fourth-order valence-corrected chi connectivity index (χ4v) is 3.99. The van der Waals surface area contributed by atoms with E-state index in [9.17, 15) is 13.6 Å². The molecule has 7 nitrogen and oxygen atoms in total. The Balaban J connectivity index is 1.32. The van der Waals surface area contributed by atoms with Gasteiger partial charge in [0.1, 0.15) is 11.9 Å². The number of aromatic nitrogens is 2. The number of fused-ring (bicyclic) bond motifs is 1. The predicted molar refractivity (Wildman–Crippen MR) is 116 cm³/mol. The standard InChI is InChI=1S/C23H25F2N5O2/c1-14(31)30-11-8-19-20(13-30)28-23(22(27-19)26-16-3-4-16)29-9-6-17(7-10-29)32-21-5-2-15(24)12-18(21)25/h2,5,8,11-12,16-17H,3-4,6-7,9-10,13H2,1H3,(H,26,27). The number of piperidine rings is 1. The van der Waals surface area contributed by atoms with E-state index in [2.05, 4.69) is 10.2 Å². The van der Waals surface area contributed by atoms with Gasteiger partial charge in [0.15, 0.2) is 23.2 Å². The summed E-state index contributed by atoms with van der Waals surface area (Å²) in [6.45, 7) is 3.27. The summed E-state index contributed by atoms with van der Waals surface area (Å²) in [5.74, 6) is 0.264. The molecule has 1 N–H and O–H groups in total. The van der Waals surface area contributed by atoms with E-state index in [1.807, 2.05) is 6.08 Å². The van der Waals surface area contributed by atoms with Gasteiger partial charge < -0.3 is 19.9 Å². The summed E-state index contributed by atoms with van der Waals surface area (Å²) in [4.78, 5) is 25.3. The molecule has 1 aliphatic carbocycles. The molecule has 0 radical (unpaired) electrons. The predicted octanol–water partition coefficient (Wildman–Crippen LogP) is 3.71. The second-order valence-corrected chi connectivity index (χ2v) is 8.49. The summed E-state index contributed by atoms with van der Waals surface area (Å²) < 4.78 is 32.9. The Labute approximate surface area is 185 Å². The lowest BCUT2D eigenvalue weighted by atomic mass is 10.1. The lowest BCUT2D eigenvalue weighted by Crippen LogP contribution is -2.39. The molecule has 3 heterocycles. The smallest absolute Gasteiger partial charge is 0.223 e. The maximum atomic E-state index is 13.9. The molecule has 2 aliphatic heterocycles. The normalized spacial score (nSPS) is 18.5. The Morgan fingerprint density at radius 2 is 1.94 bits per heavy atom. The van der Waals surface area contributed by atoms with Gasteiger partial charge in [0.05, 0.1) is 17.9 Å². The van der Waals surface area contributed by atoms with Gasteiger partial charge in [-0.1, -0.05) is 0 Å². The topological polar surface area (TPSA) is 70.6 Å². The molecule has 0 bridgehead atoms. The molecule has 1 aromatic carbocycles. The van der Waals surface area contributed by atoms with Crippen molar-refractivity contribution in [2.75, 3.05) is 23.3 Å². The maximum Gasteiger partial charge on any atom is 0.223 e. The van der Waals surface area contributed by atoms with E-state index in [0.29, 0.717) is 38.5 Å². The average molecular weight is 441 g/mol. The van der Waals surface area contributed by atoms with E-state index in [1.165, 1.54) is 19.1 Å². The first-order valence-electron chi connectivity index (χ1n) is 11.0. The fourth-order valence-electron chi connectivity index (χ4n) is 3.99. The first-order chi connectivity index (χ1) is 15.5. The van der Waals surface area contributed by atoms with E-state index in [-0.39, 0.29) is 17.8 Å². The summed E-state index contributed by atoms with van der Waals surface area (Å²) in [6, 6.07) is 3.79. The zero-order valence-electron chi connectivity index (χ0n) is 17.9. The van der Waals surface area contributed by atoms with Crippen LogP contribution in [-0.4, -0.2) is 46.0 Å². The monoisotopic (exact) mass is 441 g/mol. The minimum absolute atomic E-state index is 0.0404. The number of amides is 1. The highest BCUT2D eigenvalue weighted by Crippen LogP contribution is 2.33. The number of hydrogen-bond donors (Lipinski definition) is 1. The van der Waals surface area contributed by atoms with Gasteiger partial charge in [-0.05, 0) is 31.1 Å². The van der Waals surface area contributed by atoms with E-state index in [4.69, 9.17) is 14.7 Å². The van der Waals surface area contributed by atoms with Gasteiger partial charge in [0.25, 0.3) is 0 Å². The molecule has 3 aliphatic rings. The second-order valence-electron chi connectivity index (χ2n) is 8.49. The van der Waals surface area contributed by atoms with Gasteiger partial charge in [-0.15, -0.1) is 0 Å². The van der Waals surface area contributed by atoms with Crippen LogP contribution in [0, 0.1) is 11.6 Å². The highest BCUT2D eigenvalue weighted by molar-refractivity contribution is 5.77. The number of nitrogens with one attached hydrogen (secondary N) is 1. The van der Waals surface area contributed by atoms with E-state index >= 15 is 0 Å². The van der Waals surface area contributed by atoms with Crippen molar-refractivity contribution >= 4 is 23.6 Å². The van der Waals surface area contributed by atoms with Gasteiger partial charge in [0, 0.05) is 51.2 Å². The molecule has 1 saturated carbocycles. The molecule has 0 unspecified atom stereocenters. The molecule has 2 fully saturated rings. The number of benzene rings is 1. The number of halogens is 2. The van der Waals surface area contributed by atoms with Crippen LogP contribution in [0.3, 0.4) is 0 Å². The zero-order valence-corrected chi connectivity index (χ0v) is 17.9. The van der Waals surface area contributed by atoms with E-state index < -0.39 is 11.6 Å². The number of carbonyl (C=O) groups excluding carboxylic acids is 1. The molecule has 168 valence electrons. The van der Waals surface area contributed by atoms with Crippen molar-refractivity contribution in [3.05, 3.63) is 47.4 Å². The van der Waals surface area contributed by atoms with Crippen molar-refractivity contribution in [3.63, 3.8) is 0 Å². The van der Waals surface area contributed by atoms with Crippen molar-refractivity contribution in [2.45, 2.75) is 51.3 Å². The van der Waals surface area contributed by atoms with Crippen LogP contribution in [0.5, 0.6) is 5.75 Å². The summed E-state index contributed by atoms with van der Waals surface area (Å²) >= 11 is 0. The van der Waals surface area contributed by atoms with E-state index in [0.717, 1.165) is 41.9 Å². The van der Waals surface area contributed by atoms with Crippen molar-refractivity contribution < 1.29 is 18.3 Å². The van der Waals surface area contributed by atoms with Crippen molar-refractivity contribution in [2.24, 2.45) is 0 Å². The summed E-state index contributed by atoms with van der Waals surface area (Å²) in [6.07, 6.45) is 7.00. The summed E-state index contributed by atoms with van der Waals surface area (Å²) in [5, 5.41) is 3.48. The summed E-state index contributed by atoms with van der Waals surface area (Å²) in [5.41, 5.74) is 1.55. The minimum Gasteiger partial charge on any atom is -0.487 e. The van der Waals surface area contributed by atoms with Crippen LogP contribution in [0.2, 0.25) is 0 Å². The van der Waals surface area contributed by atoms with Crippen LogP contribution in [0.25, 0.3) is 6.08 Å². The van der Waals surface area contributed by atoms with Crippen LogP contribution < -0.4 is 15.0 Å². The lowest BCUT2D eigenvalue weighted by Gasteiger charge is -2.34. The lowest BCUT2D eigenvalue weighted by molar-refractivity contribution is -0.126. The number of anilines is 2. The number of rotatable bonds is 5. The van der Waals surface area contributed by atoms with Gasteiger partial charge in [-0.2, -0.15) is 0 Å². The quantitative estimate of drug-likeness (QED) is 0.763. The molecule has 1 aromatic heterocycles. The van der Waals surface area contributed by atoms with Gasteiger partial charge in [0.2, 0.25) is 5.91 Å². The summed E-state index contributed by atoms with van der Waals surface area (Å²) in [7, 11) is 0. The van der Waals surface area contributed by atoms with Gasteiger partial charge in [-0.3, -0.25) is 4.79 Å². The van der Waals surface area contributed by atoms with Crippen molar-refractivity contribution in [3.8, 4) is 5.75 Å². The first kappa shape index (κ1) is 20.7. The second kappa shape index (κ2) is 8.37. The molecule has 0 spiro atoms. The van der Waals surface area contributed by atoms with Gasteiger partial charge >= 0.3 is 0 Å². The van der Waals surface area contributed by atoms with Crippen LogP contribution in [0.4, 0.5) is 20.4 Å². The molecule has 1 amide bonds. The highest BCUT2D eigenvalue weighted by atomic mass is 19.1. The molecule has 1 saturated heterocycles. The Kier molecular flexibility index (Phi) is 5.40. The third-order valence-corrected chi connectivity index (χ3v) is 5.96. The first-order valence-corrected chi connectivity index (χ1v) is 11.0. The Bertz CT molecular complexity index is 1060. The molecule has 2 aromatic rings. The number of hydrogen-bond acceptors (Lipinski definition) is 6. The number of ether oxygens (including phenoxy) is 1. The average Bonchev–Trinajstić information content (AvgIpc) is 3.59. The Hall–Kier alpha value is -3.23. The van der Waals surface area contributed by atoms with Crippen LogP contribution in [0.15, 0.2) is 24.4 Å². The third kappa shape index (κ3) is 4.37.